The molecule has 104 valence electrons. The second-order valence-electron chi connectivity index (χ2n) is 4.81. The van der Waals surface area contributed by atoms with Crippen molar-refractivity contribution in [3.05, 3.63) is 34.9 Å². The summed E-state index contributed by atoms with van der Waals surface area (Å²) in [5.41, 5.74) is 6.75. The highest BCUT2D eigenvalue weighted by atomic mass is 35.5. The highest BCUT2D eigenvalue weighted by Gasteiger charge is 2.13. The van der Waals surface area contributed by atoms with Crippen LogP contribution in [0.1, 0.15) is 30.9 Å². The average molecular weight is 282 g/mol. The molecule has 1 aliphatic rings. The number of guanidine groups is 1. The number of halogens is 1. The van der Waals surface area contributed by atoms with Crippen molar-refractivity contribution in [2.45, 2.75) is 25.4 Å². The van der Waals surface area contributed by atoms with Crippen LogP contribution in [0.3, 0.4) is 0 Å². The predicted molar refractivity (Wildman–Crippen MR) is 78.3 cm³/mol. The Morgan fingerprint density at radius 1 is 1.26 bits per heavy atom. The maximum atomic E-state index is 10.0. The molecule has 1 aromatic rings. The smallest absolute Gasteiger partial charge is 0.191 e. The lowest BCUT2D eigenvalue weighted by Gasteiger charge is -2.27. The minimum Gasteiger partial charge on any atom is -0.386 e. The van der Waals surface area contributed by atoms with E-state index in [-0.39, 0.29) is 6.54 Å². The van der Waals surface area contributed by atoms with Gasteiger partial charge in [0.25, 0.3) is 0 Å². The van der Waals surface area contributed by atoms with Gasteiger partial charge in [0.05, 0.1) is 12.6 Å². The van der Waals surface area contributed by atoms with E-state index in [0.717, 1.165) is 31.5 Å². The van der Waals surface area contributed by atoms with Gasteiger partial charge in [-0.05, 0) is 37.0 Å². The van der Waals surface area contributed by atoms with E-state index in [9.17, 15) is 5.11 Å². The summed E-state index contributed by atoms with van der Waals surface area (Å²) >= 11 is 5.81. The molecule has 5 heteroatoms. The van der Waals surface area contributed by atoms with Crippen molar-refractivity contribution in [3.8, 4) is 0 Å². The third kappa shape index (κ3) is 4.11. The number of rotatable bonds is 3. The maximum Gasteiger partial charge on any atom is 0.191 e. The van der Waals surface area contributed by atoms with Crippen LogP contribution in [-0.2, 0) is 0 Å². The maximum absolute atomic E-state index is 10.0. The van der Waals surface area contributed by atoms with Crippen molar-refractivity contribution in [1.29, 1.82) is 0 Å². The molecule has 4 nitrogen and oxygen atoms in total. The van der Waals surface area contributed by atoms with Gasteiger partial charge in [0.15, 0.2) is 5.96 Å². The van der Waals surface area contributed by atoms with Crippen molar-refractivity contribution in [1.82, 2.24) is 4.90 Å². The Morgan fingerprint density at radius 3 is 2.53 bits per heavy atom. The summed E-state index contributed by atoms with van der Waals surface area (Å²) in [7, 11) is 0. The average Bonchev–Trinajstić information content (AvgIpc) is 2.46. The van der Waals surface area contributed by atoms with Crippen LogP contribution >= 0.6 is 11.6 Å². The minimum atomic E-state index is -0.638. The molecule has 0 saturated carbocycles. The lowest BCUT2D eigenvalue weighted by Crippen LogP contribution is -2.41. The van der Waals surface area contributed by atoms with Crippen LogP contribution in [0.4, 0.5) is 0 Å². The molecule has 0 amide bonds. The van der Waals surface area contributed by atoms with E-state index in [4.69, 9.17) is 17.3 Å². The molecular formula is C14H20ClN3O. The molecule has 0 spiro atoms. The summed E-state index contributed by atoms with van der Waals surface area (Å²) in [6.07, 6.45) is 2.95. The fourth-order valence-electron chi connectivity index (χ4n) is 2.19. The van der Waals surface area contributed by atoms with Crippen LogP contribution in [0.2, 0.25) is 5.02 Å². The van der Waals surface area contributed by atoms with E-state index in [1.54, 1.807) is 24.3 Å². The first-order valence-electron chi connectivity index (χ1n) is 6.65. The Hall–Kier alpha value is -1.26. The number of benzene rings is 1. The Balaban J connectivity index is 1.91. The Bertz CT molecular complexity index is 427. The molecule has 2 rings (SSSR count). The van der Waals surface area contributed by atoms with Gasteiger partial charge in [-0.2, -0.15) is 0 Å². The van der Waals surface area contributed by atoms with Crippen molar-refractivity contribution in [3.63, 3.8) is 0 Å². The molecule has 0 aromatic heterocycles. The lowest BCUT2D eigenvalue weighted by atomic mass is 10.1. The molecule has 0 bridgehead atoms. The highest BCUT2D eigenvalue weighted by Crippen LogP contribution is 2.17. The van der Waals surface area contributed by atoms with Crippen molar-refractivity contribution in [2.75, 3.05) is 19.6 Å². The molecule has 1 saturated heterocycles. The van der Waals surface area contributed by atoms with Gasteiger partial charge in [0.2, 0.25) is 0 Å². The van der Waals surface area contributed by atoms with Gasteiger partial charge in [-0.15, -0.1) is 0 Å². The number of aliphatic imine (C=N–C) groups is 1. The number of likely N-dealkylation sites (tertiary alicyclic amines) is 1. The van der Waals surface area contributed by atoms with Gasteiger partial charge in [0, 0.05) is 18.1 Å². The molecule has 19 heavy (non-hydrogen) atoms. The highest BCUT2D eigenvalue weighted by molar-refractivity contribution is 6.30. The van der Waals surface area contributed by atoms with Crippen LogP contribution < -0.4 is 5.73 Å². The largest absolute Gasteiger partial charge is 0.386 e. The summed E-state index contributed by atoms with van der Waals surface area (Å²) < 4.78 is 0. The SMILES string of the molecule is NC(=NCC(O)c1ccc(Cl)cc1)N1CCCCC1. The molecular weight excluding hydrogens is 262 g/mol. The molecule has 0 radical (unpaired) electrons. The second kappa shape index (κ2) is 6.78. The van der Waals surface area contributed by atoms with Gasteiger partial charge in [-0.3, -0.25) is 4.99 Å². The topological polar surface area (TPSA) is 61.9 Å². The van der Waals surface area contributed by atoms with Gasteiger partial charge < -0.3 is 15.7 Å². The Morgan fingerprint density at radius 2 is 1.89 bits per heavy atom. The number of aliphatic hydroxyl groups is 1. The number of hydrogen-bond donors (Lipinski definition) is 2. The number of aliphatic hydroxyl groups excluding tert-OH is 1. The van der Waals surface area contributed by atoms with Crippen molar-refractivity contribution >= 4 is 17.6 Å². The summed E-state index contributed by atoms with van der Waals surface area (Å²) in [6, 6.07) is 7.13. The van der Waals surface area contributed by atoms with Crippen LogP contribution in [0.25, 0.3) is 0 Å². The Labute approximate surface area is 118 Å². The number of piperidine rings is 1. The summed E-state index contributed by atoms with van der Waals surface area (Å²) in [4.78, 5) is 6.37. The zero-order valence-electron chi connectivity index (χ0n) is 10.9. The molecule has 1 atom stereocenters. The normalized spacial score (nSPS) is 18.4. The van der Waals surface area contributed by atoms with Crippen LogP contribution in [0.5, 0.6) is 0 Å². The predicted octanol–water partition coefficient (Wildman–Crippen LogP) is 2.17. The number of nitrogens with two attached hydrogens (primary N) is 1. The summed E-state index contributed by atoms with van der Waals surface area (Å²) in [5.74, 6) is 0.535. The molecule has 3 N–H and O–H groups in total. The van der Waals surface area contributed by atoms with Gasteiger partial charge in [0.1, 0.15) is 0 Å². The molecule has 1 unspecified atom stereocenters. The van der Waals surface area contributed by atoms with Gasteiger partial charge >= 0.3 is 0 Å². The third-order valence-electron chi connectivity index (χ3n) is 3.36. The van der Waals surface area contributed by atoms with E-state index in [2.05, 4.69) is 9.89 Å². The zero-order valence-corrected chi connectivity index (χ0v) is 11.7. The number of hydrogen-bond acceptors (Lipinski definition) is 2. The Kier molecular flexibility index (Phi) is 5.05. The summed E-state index contributed by atoms with van der Waals surface area (Å²) in [6.45, 7) is 2.21. The molecule has 1 fully saturated rings. The molecule has 1 aliphatic heterocycles. The van der Waals surface area contributed by atoms with Crippen LogP contribution in [0, 0.1) is 0 Å². The van der Waals surface area contributed by atoms with E-state index in [1.807, 2.05) is 0 Å². The quantitative estimate of drug-likeness (QED) is 0.659. The van der Waals surface area contributed by atoms with E-state index >= 15 is 0 Å². The van der Waals surface area contributed by atoms with Crippen LogP contribution in [-0.4, -0.2) is 35.6 Å². The van der Waals surface area contributed by atoms with Gasteiger partial charge in [-0.25, -0.2) is 0 Å². The van der Waals surface area contributed by atoms with E-state index in [0.29, 0.717) is 11.0 Å². The van der Waals surface area contributed by atoms with E-state index < -0.39 is 6.10 Å². The fraction of sp³-hybridized carbons (Fsp3) is 0.500. The first-order chi connectivity index (χ1) is 9.16. The number of nitrogens with zero attached hydrogens (tertiary/aromatic N) is 2. The third-order valence-corrected chi connectivity index (χ3v) is 3.61. The van der Waals surface area contributed by atoms with Crippen molar-refractivity contribution in [2.24, 2.45) is 10.7 Å². The standard InChI is InChI=1S/C14H20ClN3O/c15-12-6-4-11(5-7-12)13(19)10-17-14(16)18-8-2-1-3-9-18/h4-7,13,19H,1-3,8-10H2,(H2,16,17). The van der Waals surface area contributed by atoms with E-state index in [1.165, 1.54) is 6.42 Å². The molecule has 0 aliphatic carbocycles. The molecule has 1 aromatic carbocycles. The fourth-order valence-corrected chi connectivity index (χ4v) is 2.32. The zero-order chi connectivity index (χ0) is 13.7. The molecule has 1 heterocycles. The lowest BCUT2D eigenvalue weighted by molar-refractivity contribution is 0.186. The second-order valence-corrected chi connectivity index (χ2v) is 5.25. The minimum absolute atomic E-state index is 0.282. The summed E-state index contributed by atoms with van der Waals surface area (Å²) in [5, 5.41) is 10.7. The first-order valence-corrected chi connectivity index (χ1v) is 7.03. The van der Waals surface area contributed by atoms with Crippen molar-refractivity contribution < 1.29 is 5.11 Å². The first kappa shape index (κ1) is 14.2. The monoisotopic (exact) mass is 281 g/mol. The van der Waals surface area contributed by atoms with Gasteiger partial charge in [-0.1, -0.05) is 23.7 Å². The van der Waals surface area contributed by atoms with Crippen LogP contribution in [0.15, 0.2) is 29.3 Å².